The molecule has 6 N–H and O–H groups in total. The lowest BCUT2D eigenvalue weighted by Gasteiger charge is -2.17. The SMILES string of the molecule is COc1cc(N)ccc1Nc1c2ccccc2nc2ccccc12.COc1cc(NCP(C)(C)=O)ccc1Nc1c2ccccc2nc2ccccc12.COc1cc([N+](=O)[O-])ccc1Nc1c2ccccc2nc2ccccc12. The van der Waals surface area contributed by atoms with Crippen molar-refractivity contribution in [1.82, 2.24) is 15.0 Å². The number of nitrogens with one attached hydrogen (secondary N) is 4. The molecule has 15 nitrogen and oxygen atoms in total. The van der Waals surface area contributed by atoms with Crippen LogP contribution in [0.4, 0.5) is 51.2 Å². The minimum Gasteiger partial charge on any atom is -0.494 e. The van der Waals surface area contributed by atoms with Crippen LogP contribution in [0.3, 0.4) is 0 Å². The number of para-hydroxylation sites is 6. The summed E-state index contributed by atoms with van der Waals surface area (Å²) in [6.45, 7) is 3.54. The maximum absolute atomic E-state index is 12.0. The van der Waals surface area contributed by atoms with Gasteiger partial charge in [-0.1, -0.05) is 109 Å². The van der Waals surface area contributed by atoms with Gasteiger partial charge in [-0.2, -0.15) is 0 Å². The van der Waals surface area contributed by atoms with E-state index in [-0.39, 0.29) is 5.69 Å². The van der Waals surface area contributed by atoms with Gasteiger partial charge in [-0.05, 0) is 80.1 Å². The molecule has 0 atom stereocenters. The Morgan fingerprint density at radius 2 is 0.772 bits per heavy atom. The van der Waals surface area contributed by atoms with Gasteiger partial charge in [0.1, 0.15) is 17.2 Å². The normalized spacial score (nSPS) is 11.1. The Balaban J connectivity index is 0.000000134. The highest BCUT2D eigenvalue weighted by Crippen LogP contribution is 2.41. The number of methoxy groups -OCH3 is 3. The Morgan fingerprint density at radius 1 is 0.456 bits per heavy atom. The summed E-state index contributed by atoms with van der Waals surface area (Å²) < 4.78 is 28.4. The average Bonchev–Trinajstić information content (AvgIpc) is 3.51. The molecule has 0 bridgehead atoms. The fourth-order valence-electron chi connectivity index (χ4n) is 9.22. The molecule has 0 aliphatic carbocycles. The van der Waals surface area contributed by atoms with Crippen molar-refractivity contribution >= 4 is 124 Å². The van der Waals surface area contributed by atoms with Crippen LogP contribution in [0.5, 0.6) is 17.2 Å². The highest BCUT2D eigenvalue weighted by atomic mass is 31.2. The summed E-state index contributed by atoms with van der Waals surface area (Å²) in [7, 11) is 2.63. The van der Waals surface area contributed by atoms with Crippen molar-refractivity contribution in [2.75, 3.05) is 67.9 Å². The fourth-order valence-corrected chi connectivity index (χ4v) is 9.79. The van der Waals surface area contributed by atoms with E-state index in [0.717, 1.165) is 99.5 Å². The molecule has 16 heteroatoms. The number of nitro groups is 1. The quantitative estimate of drug-likeness (QED) is 0.0240. The van der Waals surface area contributed by atoms with Crippen molar-refractivity contribution in [1.29, 1.82) is 0 Å². The van der Waals surface area contributed by atoms with Crippen LogP contribution in [0, 0.1) is 10.1 Å². The molecule has 79 heavy (non-hydrogen) atoms. The van der Waals surface area contributed by atoms with Crippen molar-refractivity contribution in [3.63, 3.8) is 0 Å². The van der Waals surface area contributed by atoms with Crippen LogP contribution in [-0.2, 0) is 4.57 Å². The highest BCUT2D eigenvalue weighted by Gasteiger charge is 2.17. The maximum atomic E-state index is 12.0. The Bertz CT molecular complexity index is 4130. The first-order chi connectivity index (χ1) is 38.4. The molecule has 0 amide bonds. The van der Waals surface area contributed by atoms with Gasteiger partial charge >= 0.3 is 0 Å². The second kappa shape index (κ2) is 23.1. The third kappa shape index (κ3) is 11.7. The molecular weight excluding hydrogens is 1010 g/mol. The van der Waals surface area contributed by atoms with E-state index in [1.807, 2.05) is 158 Å². The molecule has 0 aliphatic rings. The first-order valence-electron chi connectivity index (χ1n) is 25.2. The molecule has 12 rings (SSSR count). The fraction of sp³-hybridized carbons (Fsp3) is 0.0952. The number of anilines is 8. The number of nitrogens with two attached hydrogens (primary N) is 1. The largest absolute Gasteiger partial charge is 0.494 e. The number of hydrogen-bond donors (Lipinski definition) is 5. The van der Waals surface area contributed by atoms with Gasteiger partial charge in [-0.15, -0.1) is 0 Å². The molecular formula is C63H56N9O6P. The molecule has 0 radical (unpaired) electrons. The first-order valence-corrected chi connectivity index (χ1v) is 28.0. The Kier molecular flexibility index (Phi) is 15.3. The molecule has 394 valence electrons. The van der Waals surface area contributed by atoms with Gasteiger partial charge in [-0.3, -0.25) is 10.1 Å². The second-order valence-electron chi connectivity index (χ2n) is 18.9. The Hall–Kier alpha value is -9.98. The average molecular weight is 1070 g/mol. The molecule has 3 heterocycles. The summed E-state index contributed by atoms with van der Waals surface area (Å²) in [6, 6.07) is 64.1. The van der Waals surface area contributed by atoms with Crippen LogP contribution in [0.15, 0.2) is 200 Å². The molecule has 0 saturated heterocycles. The Labute approximate surface area is 455 Å². The van der Waals surface area contributed by atoms with E-state index >= 15 is 0 Å². The van der Waals surface area contributed by atoms with Gasteiger partial charge in [-0.25, -0.2) is 15.0 Å². The van der Waals surface area contributed by atoms with E-state index in [0.29, 0.717) is 34.9 Å². The summed E-state index contributed by atoms with van der Waals surface area (Å²) in [5.74, 6) is 1.83. The number of nitrogens with zero attached hydrogens (tertiary/aromatic N) is 4. The molecule has 0 aliphatic heterocycles. The van der Waals surface area contributed by atoms with Crippen LogP contribution in [0.1, 0.15) is 0 Å². The van der Waals surface area contributed by atoms with E-state index < -0.39 is 12.1 Å². The van der Waals surface area contributed by atoms with Gasteiger partial charge < -0.3 is 45.8 Å². The van der Waals surface area contributed by atoms with Crippen LogP contribution in [0.2, 0.25) is 0 Å². The monoisotopic (exact) mass is 1070 g/mol. The zero-order valence-electron chi connectivity index (χ0n) is 44.0. The van der Waals surface area contributed by atoms with Crippen molar-refractivity contribution in [3.05, 3.63) is 210 Å². The zero-order valence-corrected chi connectivity index (χ0v) is 44.9. The lowest BCUT2D eigenvalue weighted by molar-refractivity contribution is -0.384. The van der Waals surface area contributed by atoms with Gasteiger partial charge in [0, 0.05) is 61.9 Å². The van der Waals surface area contributed by atoms with Crippen LogP contribution >= 0.6 is 7.14 Å². The molecule has 0 fully saturated rings. The van der Waals surface area contributed by atoms with Crippen molar-refractivity contribution in [3.8, 4) is 17.2 Å². The van der Waals surface area contributed by atoms with E-state index in [9.17, 15) is 14.7 Å². The van der Waals surface area contributed by atoms with Crippen molar-refractivity contribution < 1.29 is 23.7 Å². The summed E-state index contributed by atoms with van der Waals surface area (Å²) in [5.41, 5.74) is 18.2. The molecule has 0 saturated carbocycles. The number of nitro benzene ring substituents is 1. The Morgan fingerprint density at radius 3 is 1.11 bits per heavy atom. The maximum Gasteiger partial charge on any atom is 0.273 e. The van der Waals surface area contributed by atoms with Crippen molar-refractivity contribution in [2.45, 2.75) is 0 Å². The van der Waals surface area contributed by atoms with Gasteiger partial charge in [0.05, 0.1) is 113 Å². The van der Waals surface area contributed by atoms with E-state index in [1.165, 1.54) is 19.2 Å². The number of fused-ring (bicyclic) bond motifs is 6. The molecule has 12 aromatic rings. The molecule has 9 aromatic carbocycles. The van der Waals surface area contributed by atoms with E-state index in [2.05, 4.69) is 45.5 Å². The lowest BCUT2D eigenvalue weighted by atomic mass is 10.1. The minimum atomic E-state index is -2.15. The van der Waals surface area contributed by atoms with Gasteiger partial charge in [0.25, 0.3) is 5.69 Å². The predicted molar refractivity (Wildman–Crippen MR) is 326 cm³/mol. The second-order valence-corrected chi connectivity index (χ2v) is 22.3. The third-order valence-electron chi connectivity index (χ3n) is 13.0. The topological polar surface area (TPSA) is 201 Å². The standard InChI is InChI=1S/C23H24N3O2P.C20H15N3O3.C20H17N3O/c1-28-22-14-16(24-15-29(2,3)27)12-13-21(22)26-23-17-8-4-6-10-19(17)25-20-11-7-5-9-18(20)23;1-26-19-12-13(23(24)25)10-11-18(19)22-20-14-6-2-4-8-16(14)21-17-9-5-3-7-15(17)20;1-24-19-12-13(21)10-11-18(19)23-20-14-6-2-4-8-16(14)22-17-9-5-3-7-15(17)20/h4-14,24H,15H2,1-3H3,(H,25,26);2-12H,1H3,(H,21,22);2-12H,21H2,1H3,(H,22,23). The minimum absolute atomic E-state index is 0.0168. The molecule has 0 unspecified atom stereocenters. The van der Waals surface area contributed by atoms with Gasteiger partial charge in [0.15, 0.2) is 0 Å². The number of aromatic nitrogens is 3. The summed E-state index contributed by atoms with van der Waals surface area (Å²) >= 11 is 0. The lowest BCUT2D eigenvalue weighted by Crippen LogP contribution is -2.03. The number of nitrogen functional groups attached to an aromatic ring is 1. The number of rotatable bonds is 13. The van der Waals surface area contributed by atoms with E-state index in [1.54, 1.807) is 33.6 Å². The summed E-state index contributed by atoms with van der Waals surface area (Å²) in [5, 5.41) is 30.9. The number of benzene rings is 9. The summed E-state index contributed by atoms with van der Waals surface area (Å²) in [4.78, 5) is 24.8. The van der Waals surface area contributed by atoms with Crippen LogP contribution in [-0.4, -0.2) is 60.8 Å². The number of hydrogen-bond acceptors (Lipinski definition) is 14. The number of ether oxygens (including phenoxy) is 3. The smallest absolute Gasteiger partial charge is 0.273 e. The van der Waals surface area contributed by atoms with E-state index in [4.69, 9.17) is 34.9 Å². The predicted octanol–water partition coefficient (Wildman–Crippen LogP) is 15.9. The first kappa shape index (κ1) is 52.5. The number of pyridine rings is 3. The number of non-ortho nitro benzene ring substituents is 1. The molecule has 3 aromatic heterocycles. The zero-order chi connectivity index (χ0) is 55.0. The molecule has 0 spiro atoms. The van der Waals surface area contributed by atoms with Crippen LogP contribution in [0.25, 0.3) is 65.4 Å². The van der Waals surface area contributed by atoms with Crippen molar-refractivity contribution in [2.24, 2.45) is 0 Å². The van der Waals surface area contributed by atoms with Gasteiger partial charge in [0.2, 0.25) is 0 Å². The summed E-state index contributed by atoms with van der Waals surface area (Å²) in [6.07, 6.45) is 0.447. The highest BCUT2D eigenvalue weighted by molar-refractivity contribution is 7.62. The van der Waals surface area contributed by atoms with Crippen LogP contribution < -0.4 is 41.2 Å². The third-order valence-corrected chi connectivity index (χ3v) is 13.9.